The van der Waals surface area contributed by atoms with E-state index in [0.29, 0.717) is 44.0 Å². The molecule has 2 amide bonds. The number of ether oxygens (including phenoxy) is 8. The molecule has 0 fully saturated rings. The number of carbonyl (C=O) groups is 5. The highest BCUT2D eigenvalue weighted by atomic mass is 16.6. The summed E-state index contributed by atoms with van der Waals surface area (Å²) in [5.41, 5.74) is 11.2. The van der Waals surface area contributed by atoms with Crippen molar-refractivity contribution < 1.29 is 61.9 Å². The van der Waals surface area contributed by atoms with Crippen molar-refractivity contribution in [2.45, 2.75) is 119 Å². The van der Waals surface area contributed by atoms with Crippen molar-refractivity contribution in [3.05, 3.63) is 59.7 Å². The molecule has 0 aromatic heterocycles. The van der Waals surface area contributed by atoms with Crippen LogP contribution in [0.4, 0.5) is 16.2 Å². The van der Waals surface area contributed by atoms with Crippen LogP contribution in [0.3, 0.4) is 0 Å². The summed E-state index contributed by atoms with van der Waals surface area (Å²) < 4.78 is 46.1. The van der Waals surface area contributed by atoms with Gasteiger partial charge in [0.2, 0.25) is 0 Å². The summed E-state index contributed by atoms with van der Waals surface area (Å²) in [5.74, 6) is -2.45. The van der Waals surface area contributed by atoms with E-state index < -0.39 is 78.7 Å². The SMILES string of the molecule is CC(C)(C)OC(=O)COc1cc2c(CN)c3cc(OCC(=O)OC(C)(C)C)c(OCC(=O)OC(C)(C)C)cc3c(CNC(=O)Nc3ccccc3N)c2cc1OCC(=O)OC(C)(C)C. The molecular weight excluding hydrogens is 829 g/mol. The molecule has 0 saturated heterocycles. The predicted octanol–water partition coefficient (Wildman–Crippen LogP) is 7.24. The van der Waals surface area contributed by atoms with Crippen molar-refractivity contribution in [1.29, 1.82) is 0 Å². The summed E-state index contributed by atoms with van der Waals surface area (Å²) in [6.45, 7) is 18.3. The number of nitrogen functional groups attached to an aromatic ring is 1. The topological polar surface area (TPSA) is 235 Å². The number of benzene rings is 4. The van der Waals surface area contributed by atoms with Crippen molar-refractivity contribution in [3.8, 4) is 23.0 Å². The van der Waals surface area contributed by atoms with Crippen molar-refractivity contribution in [3.63, 3.8) is 0 Å². The fraction of sp³-hybridized carbons (Fsp3) is 0.468. The van der Waals surface area contributed by atoms with E-state index in [1.807, 2.05) is 0 Å². The second kappa shape index (κ2) is 20.3. The minimum atomic E-state index is -0.808. The lowest BCUT2D eigenvalue weighted by atomic mass is 9.90. The van der Waals surface area contributed by atoms with Crippen molar-refractivity contribution in [2.24, 2.45) is 5.73 Å². The predicted molar refractivity (Wildman–Crippen MR) is 241 cm³/mol. The van der Waals surface area contributed by atoms with Gasteiger partial charge in [0.25, 0.3) is 0 Å². The van der Waals surface area contributed by atoms with Gasteiger partial charge in [-0.25, -0.2) is 24.0 Å². The van der Waals surface area contributed by atoms with E-state index in [0.717, 1.165) is 0 Å². The molecule has 4 rings (SSSR count). The quantitative estimate of drug-likeness (QED) is 0.0376. The van der Waals surface area contributed by atoms with Gasteiger partial charge in [0, 0.05) is 13.1 Å². The monoisotopic (exact) mass is 890 g/mol. The Morgan fingerprint density at radius 2 is 0.812 bits per heavy atom. The van der Waals surface area contributed by atoms with Gasteiger partial charge in [0.15, 0.2) is 49.4 Å². The average molecular weight is 891 g/mol. The molecule has 0 aliphatic carbocycles. The Morgan fingerprint density at radius 3 is 1.11 bits per heavy atom. The number of carbonyl (C=O) groups excluding carboxylic acids is 5. The third-order valence-corrected chi connectivity index (χ3v) is 8.37. The van der Waals surface area contributed by atoms with E-state index in [2.05, 4.69) is 10.6 Å². The van der Waals surface area contributed by atoms with Gasteiger partial charge >= 0.3 is 29.9 Å². The third kappa shape index (κ3) is 15.4. The van der Waals surface area contributed by atoms with Crippen LogP contribution in [0.15, 0.2) is 48.5 Å². The van der Waals surface area contributed by atoms with Crippen LogP contribution in [-0.2, 0) is 51.2 Å². The molecule has 0 spiro atoms. The summed E-state index contributed by atoms with van der Waals surface area (Å²) in [4.78, 5) is 65.1. The summed E-state index contributed by atoms with van der Waals surface area (Å²) in [6, 6.07) is 12.6. The van der Waals surface area contributed by atoms with E-state index >= 15 is 0 Å². The molecule has 0 aliphatic heterocycles. The maximum absolute atomic E-state index is 13.5. The zero-order valence-corrected chi connectivity index (χ0v) is 38.8. The van der Waals surface area contributed by atoms with E-state index in [1.165, 1.54) is 0 Å². The number of esters is 4. The minimum absolute atomic E-state index is 0.0470. The van der Waals surface area contributed by atoms with Gasteiger partial charge in [0.05, 0.1) is 11.4 Å². The lowest BCUT2D eigenvalue weighted by molar-refractivity contribution is -0.158. The summed E-state index contributed by atoms with van der Waals surface area (Å²) >= 11 is 0. The molecule has 0 saturated carbocycles. The molecule has 348 valence electrons. The highest BCUT2D eigenvalue weighted by Gasteiger charge is 2.26. The van der Waals surface area contributed by atoms with Gasteiger partial charge in [-0.1, -0.05) is 12.1 Å². The molecule has 6 N–H and O–H groups in total. The first-order valence-electron chi connectivity index (χ1n) is 20.7. The molecule has 4 aromatic rings. The minimum Gasteiger partial charge on any atom is -0.478 e. The van der Waals surface area contributed by atoms with Crippen LogP contribution in [0.2, 0.25) is 0 Å². The van der Waals surface area contributed by atoms with Crippen molar-refractivity contribution in [1.82, 2.24) is 5.32 Å². The average Bonchev–Trinajstić information content (AvgIpc) is 3.14. The highest BCUT2D eigenvalue weighted by Crippen LogP contribution is 2.43. The smallest absolute Gasteiger partial charge is 0.344 e. The number of hydrogen-bond acceptors (Lipinski definition) is 15. The standard InChI is InChI=1S/C47H62N4O13/c1-44(2,3)61-39(52)23-57-35-17-27-29(19-37(35)59-25-41(54)63-46(7,8)9)32(22-50-43(56)51-34-16-14-13-15-33(34)49)30-20-38(60-26-42(55)64-47(10,11)12)36(18-28(30)31(27)21-48)58-24-40(53)62-45(4,5)6/h13-20H,21-26,48-49H2,1-12H3,(H2,50,51,56). The zero-order valence-electron chi connectivity index (χ0n) is 38.8. The summed E-state index contributed by atoms with van der Waals surface area (Å²) in [7, 11) is 0. The number of urea groups is 1. The Kier molecular flexibility index (Phi) is 15.9. The Morgan fingerprint density at radius 1 is 0.500 bits per heavy atom. The highest BCUT2D eigenvalue weighted by molar-refractivity contribution is 6.08. The number of amides is 2. The molecule has 4 aromatic carbocycles. The normalized spacial score (nSPS) is 12.0. The molecule has 0 aliphatic rings. The van der Waals surface area contributed by atoms with Gasteiger partial charge in [-0.2, -0.15) is 0 Å². The molecular formula is C47H62N4O13. The number of fused-ring (bicyclic) bond motifs is 2. The molecule has 17 nitrogen and oxygen atoms in total. The van der Waals surface area contributed by atoms with Crippen molar-refractivity contribution in [2.75, 3.05) is 37.5 Å². The van der Waals surface area contributed by atoms with E-state index in [-0.39, 0.29) is 36.1 Å². The van der Waals surface area contributed by atoms with Crippen LogP contribution in [0, 0.1) is 0 Å². The molecule has 0 radical (unpaired) electrons. The van der Waals surface area contributed by atoms with Gasteiger partial charge in [-0.3, -0.25) is 0 Å². The number of hydrogen-bond donors (Lipinski definition) is 4. The first kappa shape index (κ1) is 50.2. The fourth-order valence-corrected chi connectivity index (χ4v) is 6.25. The number of anilines is 2. The number of nitrogens with two attached hydrogens (primary N) is 2. The van der Waals surface area contributed by atoms with Crippen molar-refractivity contribution >= 4 is 62.8 Å². The Hall–Kier alpha value is -6.49. The second-order valence-corrected chi connectivity index (χ2v) is 18.7. The summed E-state index contributed by atoms with van der Waals surface area (Å²) in [5, 5.41) is 7.62. The van der Waals surface area contributed by atoms with Crippen LogP contribution in [-0.4, -0.2) is 78.7 Å². The number of rotatable bonds is 16. The molecule has 0 bridgehead atoms. The Balaban J connectivity index is 1.99. The maximum Gasteiger partial charge on any atom is 0.344 e. The lowest BCUT2D eigenvalue weighted by Gasteiger charge is -2.23. The number of nitrogens with one attached hydrogen (secondary N) is 2. The van der Waals surface area contributed by atoms with E-state index in [4.69, 9.17) is 49.4 Å². The van der Waals surface area contributed by atoms with Gasteiger partial charge in [-0.05, 0) is 152 Å². The van der Waals surface area contributed by atoms with Gasteiger partial charge in [0.1, 0.15) is 22.4 Å². The first-order chi connectivity index (χ1) is 29.6. The molecule has 17 heteroatoms. The second-order valence-electron chi connectivity index (χ2n) is 18.7. The molecule has 64 heavy (non-hydrogen) atoms. The summed E-state index contributed by atoms with van der Waals surface area (Å²) in [6.07, 6.45) is 0. The van der Waals surface area contributed by atoms with Gasteiger partial charge in [-0.15, -0.1) is 0 Å². The molecule has 0 atom stereocenters. The van der Waals surface area contributed by atoms with E-state index in [1.54, 1.807) is 132 Å². The molecule has 0 heterocycles. The Bertz CT molecular complexity index is 2240. The zero-order chi connectivity index (χ0) is 47.8. The largest absolute Gasteiger partial charge is 0.478 e. The molecule has 0 unspecified atom stereocenters. The van der Waals surface area contributed by atoms with E-state index in [9.17, 15) is 24.0 Å². The van der Waals surface area contributed by atoms with Crippen LogP contribution in [0.1, 0.15) is 94.2 Å². The Labute approximate surface area is 373 Å². The van der Waals surface area contributed by atoms with Gasteiger partial charge < -0.3 is 60.0 Å². The lowest BCUT2D eigenvalue weighted by Crippen LogP contribution is -2.29. The fourth-order valence-electron chi connectivity index (χ4n) is 6.25. The van der Waals surface area contributed by atoms with Crippen LogP contribution in [0.25, 0.3) is 21.5 Å². The first-order valence-corrected chi connectivity index (χ1v) is 20.7. The van der Waals surface area contributed by atoms with Crippen LogP contribution < -0.4 is 41.0 Å². The number of para-hydroxylation sites is 2. The van der Waals surface area contributed by atoms with Crippen LogP contribution >= 0.6 is 0 Å². The maximum atomic E-state index is 13.5. The van der Waals surface area contributed by atoms with Crippen LogP contribution in [0.5, 0.6) is 23.0 Å². The third-order valence-electron chi connectivity index (χ3n) is 8.37.